The second kappa shape index (κ2) is 3.88. The van der Waals surface area contributed by atoms with Crippen molar-refractivity contribution < 1.29 is 21.5 Å². The van der Waals surface area contributed by atoms with Gasteiger partial charge < -0.3 is 0 Å². The number of aromatic amines is 1. The molecule has 0 aromatic carbocycles. The van der Waals surface area contributed by atoms with Crippen LogP contribution in [0.2, 0.25) is 0 Å². The minimum atomic E-state index is -0.287. The molecule has 12 heavy (non-hydrogen) atoms. The maximum atomic E-state index is 11.1. The van der Waals surface area contributed by atoms with Gasteiger partial charge in [0.1, 0.15) is 0 Å². The first-order valence-corrected chi connectivity index (χ1v) is 6.06. The molecule has 0 saturated carbocycles. The van der Waals surface area contributed by atoms with Crippen molar-refractivity contribution in [1.82, 2.24) is 7.76 Å². The quantitative estimate of drug-likeness (QED) is 0.456. The second-order valence-corrected chi connectivity index (χ2v) is 5.52. The van der Waals surface area contributed by atoms with Crippen LogP contribution < -0.4 is 32.7 Å². The molecule has 0 aliphatic heterocycles. The van der Waals surface area contributed by atoms with E-state index in [9.17, 15) is 9.59 Å². The molecule has 0 aliphatic carbocycles. The van der Waals surface area contributed by atoms with E-state index in [0.29, 0.717) is 5.56 Å². The molecule has 0 radical (unpaired) electrons. The Labute approximate surface area is 80.2 Å². The summed E-state index contributed by atoms with van der Waals surface area (Å²) in [6, 6.07) is 0. The van der Waals surface area contributed by atoms with Crippen LogP contribution in [0.3, 0.4) is 0 Å². The fourth-order valence-electron chi connectivity index (χ4n) is 0.754. The summed E-state index contributed by atoms with van der Waals surface area (Å²) >= 11 is -0.287. The summed E-state index contributed by atoms with van der Waals surface area (Å²) in [5.74, 6) is 0. The molecule has 0 amide bonds. The summed E-state index contributed by atoms with van der Waals surface area (Å²) in [5.41, 5.74) is 0.0411. The Balaban J connectivity index is 3.24. The molecule has 5 heteroatoms. The van der Waals surface area contributed by atoms with Crippen molar-refractivity contribution in [3.63, 3.8) is 0 Å². The number of alkyl halides is 1. The van der Waals surface area contributed by atoms with Gasteiger partial charge >= 0.3 is 80.1 Å². The summed E-state index contributed by atoms with van der Waals surface area (Å²) in [7, 11) is 0. The van der Waals surface area contributed by atoms with E-state index in [-0.39, 0.29) is 32.7 Å². The number of halogens is 1. The minimum absolute atomic E-state index is 0.278. The van der Waals surface area contributed by atoms with E-state index in [4.69, 9.17) is 0 Å². The molecule has 0 aliphatic rings. The van der Waals surface area contributed by atoms with E-state index >= 15 is 0 Å². The van der Waals surface area contributed by atoms with Gasteiger partial charge in [-0.1, -0.05) is 0 Å². The topological polar surface area (TPSA) is 54.9 Å². The third-order valence-corrected chi connectivity index (χ3v) is 3.46. The number of rotatable bonds is 2. The predicted octanol–water partition coefficient (Wildman–Crippen LogP) is -3.28. The number of nitrogens with one attached hydrogen (secondary N) is 1. The Morgan fingerprint density at radius 1 is 1.58 bits per heavy atom. The van der Waals surface area contributed by atoms with E-state index < -0.39 is 0 Å². The maximum absolute atomic E-state index is 11.1. The van der Waals surface area contributed by atoms with Crippen molar-refractivity contribution in [2.24, 2.45) is 0 Å². The summed E-state index contributed by atoms with van der Waals surface area (Å²) in [4.78, 5) is 24.3. The molecule has 0 unspecified atom stereocenters. The zero-order valence-corrected chi connectivity index (χ0v) is 9.08. The zero-order chi connectivity index (χ0) is 9.14. The number of aryl methyl sites for hydroxylation is 1. The van der Waals surface area contributed by atoms with Crippen LogP contribution in [-0.2, 0) is 0 Å². The molecule has 0 bridgehead atoms. The molecular weight excluding hydrogens is 271 g/mol. The van der Waals surface area contributed by atoms with Gasteiger partial charge in [0.25, 0.3) is 0 Å². The molecular formula is C7H10IN2O2-. The van der Waals surface area contributed by atoms with E-state index in [0.717, 1.165) is 4.43 Å². The second-order valence-electron chi connectivity index (χ2n) is 2.27. The standard InChI is InChI=1S/C7H10IN2O2/c1-3-8-10-4-5(2)6(11)9-7(10)12/h4H,3H2,1-2H3,(H,9,11,12)/q-1. The van der Waals surface area contributed by atoms with Crippen LogP contribution in [-0.4, -0.2) is 12.2 Å². The average Bonchev–Trinajstić information content (AvgIpc) is 2.01. The fraction of sp³-hybridized carbons (Fsp3) is 0.429. The molecule has 68 valence electrons. The molecule has 0 saturated heterocycles. The van der Waals surface area contributed by atoms with Crippen LogP contribution in [0, 0.1) is 6.92 Å². The van der Waals surface area contributed by atoms with Crippen LogP contribution in [0.1, 0.15) is 12.5 Å². The first kappa shape index (κ1) is 9.50. The number of hydrogen-bond acceptors (Lipinski definition) is 2. The fourth-order valence-corrected chi connectivity index (χ4v) is 2.53. The molecule has 1 aromatic heterocycles. The monoisotopic (exact) mass is 281 g/mol. The van der Waals surface area contributed by atoms with Crippen LogP contribution >= 0.6 is 0 Å². The number of H-pyrrole nitrogens is 1. The molecule has 1 rings (SSSR count). The first-order chi connectivity index (χ1) is 5.65. The number of nitrogens with zero attached hydrogens (tertiary/aromatic N) is 1. The molecule has 0 spiro atoms. The molecule has 0 atom stereocenters. The van der Waals surface area contributed by atoms with Gasteiger partial charge in [-0.3, -0.25) is 0 Å². The van der Waals surface area contributed by atoms with Crippen LogP contribution in [0.15, 0.2) is 15.8 Å². The molecule has 1 aromatic rings. The predicted molar refractivity (Wildman–Crippen MR) is 42.0 cm³/mol. The van der Waals surface area contributed by atoms with Crippen molar-refractivity contribution in [3.05, 3.63) is 32.6 Å². The molecule has 1 heterocycles. The zero-order valence-electron chi connectivity index (χ0n) is 6.93. The van der Waals surface area contributed by atoms with Crippen molar-refractivity contribution in [1.29, 1.82) is 0 Å². The Hall–Kier alpha value is -0.590. The van der Waals surface area contributed by atoms with Gasteiger partial charge in [-0.2, -0.15) is 0 Å². The first-order valence-electron chi connectivity index (χ1n) is 3.57. The molecule has 4 nitrogen and oxygen atoms in total. The van der Waals surface area contributed by atoms with Crippen LogP contribution in [0.25, 0.3) is 0 Å². The Morgan fingerprint density at radius 3 is 2.83 bits per heavy atom. The SMILES string of the molecule is CC[I-]n1cc(C)c(=O)[nH]c1=O. The van der Waals surface area contributed by atoms with Gasteiger partial charge in [0.15, 0.2) is 0 Å². The van der Waals surface area contributed by atoms with Crippen LogP contribution in [0.4, 0.5) is 0 Å². The van der Waals surface area contributed by atoms with E-state index in [1.807, 2.05) is 6.92 Å². The van der Waals surface area contributed by atoms with Crippen LogP contribution in [0.5, 0.6) is 0 Å². The normalized spacial score (nSPS) is 10.5. The van der Waals surface area contributed by atoms with Gasteiger partial charge in [0.05, 0.1) is 0 Å². The number of aromatic nitrogens is 2. The van der Waals surface area contributed by atoms with Crippen molar-refractivity contribution in [3.8, 4) is 0 Å². The summed E-state index contributed by atoms with van der Waals surface area (Å²) in [6.45, 7) is 3.73. The van der Waals surface area contributed by atoms with Crippen molar-refractivity contribution >= 4 is 0 Å². The van der Waals surface area contributed by atoms with E-state index in [2.05, 4.69) is 4.98 Å². The van der Waals surface area contributed by atoms with Crippen molar-refractivity contribution in [2.45, 2.75) is 13.8 Å². The third kappa shape index (κ3) is 1.96. The Morgan fingerprint density at radius 2 is 2.25 bits per heavy atom. The van der Waals surface area contributed by atoms with E-state index in [1.54, 1.807) is 15.9 Å². The molecule has 0 fully saturated rings. The Kier molecular flexibility index (Phi) is 3.07. The Bertz CT molecular complexity index is 380. The van der Waals surface area contributed by atoms with Gasteiger partial charge in [0.2, 0.25) is 0 Å². The van der Waals surface area contributed by atoms with Gasteiger partial charge in [-0.15, -0.1) is 0 Å². The third-order valence-electron chi connectivity index (χ3n) is 1.33. The average molecular weight is 281 g/mol. The van der Waals surface area contributed by atoms with Gasteiger partial charge in [0, 0.05) is 0 Å². The summed E-state index contributed by atoms with van der Waals surface area (Å²) < 4.78 is 2.61. The number of hydrogen-bond donors (Lipinski definition) is 1. The van der Waals surface area contributed by atoms with Gasteiger partial charge in [-0.25, -0.2) is 0 Å². The summed E-state index contributed by atoms with van der Waals surface area (Å²) in [6.07, 6.45) is 1.64. The summed E-state index contributed by atoms with van der Waals surface area (Å²) in [5, 5.41) is 0. The molecule has 1 N–H and O–H groups in total. The van der Waals surface area contributed by atoms with E-state index in [1.165, 1.54) is 0 Å². The van der Waals surface area contributed by atoms with Gasteiger partial charge in [-0.05, 0) is 0 Å². The van der Waals surface area contributed by atoms with Crippen molar-refractivity contribution in [2.75, 3.05) is 4.43 Å².